The lowest BCUT2D eigenvalue weighted by molar-refractivity contribution is -0.872. The van der Waals surface area contributed by atoms with Crippen molar-refractivity contribution in [1.82, 2.24) is 0 Å². The number of hydrogen-bond donors (Lipinski definition) is 3. The largest absolute Gasteiger partial charge is 0.379 e. The summed E-state index contributed by atoms with van der Waals surface area (Å²) in [5.74, 6) is -0.822. The highest BCUT2D eigenvalue weighted by atomic mass is 35.5. The van der Waals surface area contributed by atoms with Gasteiger partial charge in [0.1, 0.15) is 6.54 Å². The molecular formula is C22H33ClN3O3+. The molecule has 6 nitrogen and oxygen atoms in total. The number of nitrogens with zero attached hydrogens (tertiary/aromatic N) is 1. The molecular weight excluding hydrogens is 390 g/mol. The number of benzene rings is 1. The van der Waals surface area contributed by atoms with Crippen LogP contribution in [0.15, 0.2) is 18.2 Å². The highest BCUT2D eigenvalue weighted by Gasteiger charge is 2.54. The van der Waals surface area contributed by atoms with Gasteiger partial charge >= 0.3 is 5.91 Å². The number of carbonyl (C=O) groups excluding carboxylic acids is 2. The fraction of sp³-hybridized carbons (Fsp3) is 0.636. The minimum absolute atomic E-state index is 0.0485. The Labute approximate surface area is 177 Å². The molecule has 0 bridgehead atoms. The monoisotopic (exact) mass is 422 g/mol. The normalized spacial score (nSPS) is 27.5. The van der Waals surface area contributed by atoms with Crippen LogP contribution in [0.25, 0.3) is 0 Å². The molecule has 7 heteroatoms. The van der Waals surface area contributed by atoms with E-state index >= 15 is 0 Å². The van der Waals surface area contributed by atoms with Crippen LogP contribution in [0.2, 0.25) is 5.02 Å². The lowest BCUT2D eigenvalue weighted by Gasteiger charge is -2.39. The summed E-state index contributed by atoms with van der Waals surface area (Å²) in [6, 6.07) is 4.59. The molecule has 0 aromatic heterocycles. The van der Waals surface area contributed by atoms with Crippen LogP contribution in [0.1, 0.15) is 69.0 Å². The smallest absolute Gasteiger partial charge is 0.343 e. The first kappa shape index (κ1) is 22.2. The minimum atomic E-state index is -1.08. The molecule has 1 heterocycles. The standard InChI is InChI=1S/C22H32ClN3O3/c1-14(24)18-10-9-17(23)12-16(18)13-26(11-5-8-19(26)21(25)28)22(29)20(27)15-6-3-2-4-7-15/h9-10,12,14-15,19-20,27H,2-8,11,13,24H2,1H3,(H-,25,28)/p+1/t14?,19-,20+,26?/m0/s1. The quantitative estimate of drug-likeness (QED) is 0.612. The Morgan fingerprint density at radius 2 is 1.90 bits per heavy atom. The molecule has 2 amide bonds. The first-order chi connectivity index (χ1) is 13.8. The van der Waals surface area contributed by atoms with Gasteiger partial charge in [0.25, 0.3) is 5.91 Å². The van der Waals surface area contributed by atoms with E-state index in [0.29, 0.717) is 24.4 Å². The van der Waals surface area contributed by atoms with E-state index in [1.165, 1.54) is 0 Å². The fourth-order valence-electron chi connectivity index (χ4n) is 5.26. The van der Waals surface area contributed by atoms with Crippen molar-refractivity contribution in [2.24, 2.45) is 17.4 Å². The zero-order valence-electron chi connectivity index (χ0n) is 17.1. The van der Waals surface area contributed by atoms with E-state index in [9.17, 15) is 14.7 Å². The Kier molecular flexibility index (Phi) is 6.99. The van der Waals surface area contributed by atoms with Crippen LogP contribution >= 0.6 is 11.6 Å². The summed E-state index contributed by atoms with van der Waals surface area (Å²) in [5.41, 5.74) is 13.6. The van der Waals surface area contributed by atoms with Crippen LogP contribution in [0, 0.1) is 5.92 Å². The van der Waals surface area contributed by atoms with Gasteiger partial charge in [-0.05, 0) is 43.4 Å². The Morgan fingerprint density at radius 1 is 1.21 bits per heavy atom. The summed E-state index contributed by atoms with van der Waals surface area (Å²) in [7, 11) is 0. The van der Waals surface area contributed by atoms with Gasteiger partial charge in [0, 0.05) is 29.5 Å². The van der Waals surface area contributed by atoms with Crippen molar-refractivity contribution in [1.29, 1.82) is 0 Å². The topological polar surface area (TPSA) is 106 Å². The number of likely N-dealkylation sites (tertiary alicyclic amines) is 1. The number of quaternary nitrogens is 1. The van der Waals surface area contributed by atoms with Crippen molar-refractivity contribution < 1.29 is 19.2 Å². The molecule has 2 fully saturated rings. The van der Waals surface area contributed by atoms with Crippen molar-refractivity contribution in [3.05, 3.63) is 34.3 Å². The number of amides is 2. The highest BCUT2D eigenvalue weighted by Crippen LogP contribution is 2.36. The summed E-state index contributed by atoms with van der Waals surface area (Å²) < 4.78 is -0.132. The average molecular weight is 423 g/mol. The zero-order chi connectivity index (χ0) is 21.2. The molecule has 2 aliphatic rings. The van der Waals surface area contributed by atoms with E-state index in [1.807, 2.05) is 19.1 Å². The number of nitrogens with two attached hydrogens (primary N) is 2. The molecule has 1 saturated carbocycles. The van der Waals surface area contributed by atoms with Crippen LogP contribution in [0.4, 0.5) is 0 Å². The SMILES string of the molecule is CC(N)c1ccc(Cl)cc1C[N+]1(C(=O)[C@H](O)C2CCCCC2)CCC[C@H]1C(N)=O. The predicted octanol–water partition coefficient (Wildman–Crippen LogP) is 2.79. The number of primary amides is 1. The van der Waals surface area contributed by atoms with Crippen LogP contribution in [-0.4, -0.2) is 40.1 Å². The molecule has 160 valence electrons. The van der Waals surface area contributed by atoms with Gasteiger partial charge in [-0.3, -0.25) is 4.79 Å². The Balaban J connectivity index is 2.00. The summed E-state index contributed by atoms with van der Waals surface area (Å²) in [6.07, 6.45) is 5.06. The van der Waals surface area contributed by atoms with Gasteiger partial charge in [-0.1, -0.05) is 36.9 Å². The Morgan fingerprint density at radius 3 is 2.52 bits per heavy atom. The summed E-state index contributed by atoms with van der Waals surface area (Å²) >= 11 is 6.24. The number of aliphatic hydroxyl groups is 1. The van der Waals surface area contributed by atoms with Crippen LogP contribution < -0.4 is 11.5 Å². The summed E-state index contributed by atoms with van der Waals surface area (Å²) in [5, 5.41) is 11.6. The second kappa shape index (κ2) is 9.13. The van der Waals surface area contributed by atoms with Gasteiger partial charge in [0.2, 0.25) is 0 Å². The van der Waals surface area contributed by atoms with Gasteiger partial charge in [-0.2, -0.15) is 0 Å². The van der Waals surface area contributed by atoms with Crippen LogP contribution in [0.5, 0.6) is 0 Å². The lowest BCUT2D eigenvalue weighted by Crippen LogP contribution is -2.63. The molecule has 4 atom stereocenters. The van der Waals surface area contributed by atoms with Gasteiger partial charge in [0.05, 0.1) is 6.54 Å². The van der Waals surface area contributed by atoms with Crippen molar-refractivity contribution in [2.75, 3.05) is 6.54 Å². The molecule has 2 unspecified atom stereocenters. The maximum atomic E-state index is 13.7. The lowest BCUT2D eigenvalue weighted by atomic mass is 9.84. The third kappa shape index (κ3) is 4.50. The maximum Gasteiger partial charge on any atom is 0.343 e. The summed E-state index contributed by atoms with van der Waals surface area (Å²) in [4.78, 5) is 26.0. The van der Waals surface area contributed by atoms with E-state index in [4.69, 9.17) is 23.1 Å². The van der Waals surface area contributed by atoms with Crippen LogP contribution in [0.3, 0.4) is 0 Å². The van der Waals surface area contributed by atoms with Crippen molar-refractivity contribution in [2.45, 2.75) is 76.6 Å². The minimum Gasteiger partial charge on any atom is -0.379 e. The number of halogens is 1. The molecule has 29 heavy (non-hydrogen) atoms. The molecule has 3 rings (SSSR count). The van der Waals surface area contributed by atoms with E-state index in [-0.39, 0.29) is 28.9 Å². The number of aliphatic hydroxyl groups excluding tert-OH is 1. The van der Waals surface area contributed by atoms with Gasteiger partial charge in [-0.25, -0.2) is 9.28 Å². The first-order valence-corrected chi connectivity index (χ1v) is 11.1. The molecule has 1 saturated heterocycles. The third-order valence-corrected chi connectivity index (χ3v) is 7.03. The number of carbonyl (C=O) groups is 2. The maximum absolute atomic E-state index is 13.7. The van der Waals surface area contributed by atoms with E-state index in [0.717, 1.165) is 43.2 Å². The van der Waals surface area contributed by atoms with Gasteiger partial charge in [-0.15, -0.1) is 0 Å². The molecule has 0 radical (unpaired) electrons. The Hall–Kier alpha value is -1.47. The van der Waals surface area contributed by atoms with E-state index < -0.39 is 18.1 Å². The highest BCUT2D eigenvalue weighted by molar-refractivity contribution is 6.30. The first-order valence-electron chi connectivity index (χ1n) is 10.7. The second-order valence-electron chi connectivity index (χ2n) is 8.79. The third-order valence-electron chi connectivity index (χ3n) is 6.80. The molecule has 1 aromatic rings. The van der Waals surface area contributed by atoms with Crippen molar-refractivity contribution >= 4 is 23.4 Å². The Bertz CT molecular complexity index is 764. The van der Waals surface area contributed by atoms with Crippen molar-refractivity contribution in [3.8, 4) is 0 Å². The molecule has 0 spiro atoms. The molecule has 1 aliphatic heterocycles. The van der Waals surface area contributed by atoms with Gasteiger partial charge in [0.15, 0.2) is 12.1 Å². The second-order valence-corrected chi connectivity index (χ2v) is 9.23. The van der Waals surface area contributed by atoms with E-state index in [2.05, 4.69) is 0 Å². The number of rotatable bonds is 6. The van der Waals surface area contributed by atoms with Crippen molar-refractivity contribution in [3.63, 3.8) is 0 Å². The van der Waals surface area contributed by atoms with Gasteiger partial charge < -0.3 is 16.6 Å². The zero-order valence-corrected chi connectivity index (χ0v) is 17.9. The number of hydrogen-bond acceptors (Lipinski definition) is 4. The molecule has 1 aliphatic carbocycles. The fourth-order valence-corrected chi connectivity index (χ4v) is 5.46. The average Bonchev–Trinajstić information content (AvgIpc) is 3.12. The van der Waals surface area contributed by atoms with E-state index in [1.54, 1.807) is 6.07 Å². The predicted molar refractivity (Wildman–Crippen MR) is 113 cm³/mol. The van der Waals surface area contributed by atoms with Crippen LogP contribution in [-0.2, 0) is 16.1 Å². The molecule has 1 aromatic carbocycles. The molecule has 5 N–H and O–H groups in total. The summed E-state index contributed by atoms with van der Waals surface area (Å²) in [6.45, 7) is 2.64.